The molecule has 0 saturated heterocycles. The predicted molar refractivity (Wildman–Crippen MR) is 80.1 cm³/mol. The van der Waals surface area contributed by atoms with E-state index >= 15 is 0 Å². The zero-order chi connectivity index (χ0) is 14.7. The highest BCUT2D eigenvalue weighted by molar-refractivity contribution is 6.19. The second-order valence-electron chi connectivity index (χ2n) is 4.57. The van der Waals surface area contributed by atoms with Gasteiger partial charge in [-0.15, -0.1) is 0 Å². The van der Waals surface area contributed by atoms with E-state index in [0.29, 0.717) is 17.8 Å². The summed E-state index contributed by atoms with van der Waals surface area (Å²) >= 11 is 0. The number of benzene rings is 2. The highest BCUT2D eigenvalue weighted by Gasteiger charge is 2.24. The lowest BCUT2D eigenvalue weighted by molar-refractivity contribution is -0.120. The molecule has 0 bridgehead atoms. The zero-order valence-electron chi connectivity index (χ0n) is 11.1. The van der Waals surface area contributed by atoms with Gasteiger partial charge >= 0.3 is 0 Å². The van der Waals surface area contributed by atoms with E-state index in [9.17, 15) is 9.59 Å². The molecule has 0 aromatic heterocycles. The number of fused-ring (bicyclic) bond motifs is 1. The van der Waals surface area contributed by atoms with Crippen molar-refractivity contribution >= 4 is 23.7 Å². The third-order valence-corrected chi connectivity index (χ3v) is 3.22. The second kappa shape index (κ2) is 5.58. The van der Waals surface area contributed by atoms with Gasteiger partial charge in [0.25, 0.3) is 5.91 Å². The minimum absolute atomic E-state index is 0.361. The third kappa shape index (κ3) is 2.53. The van der Waals surface area contributed by atoms with Crippen LogP contribution in [0, 0.1) is 0 Å². The molecule has 5 heteroatoms. The molecule has 0 radical (unpaired) electrons. The Labute approximate surface area is 121 Å². The lowest BCUT2D eigenvalue weighted by atomic mass is 10.0. The van der Waals surface area contributed by atoms with Crippen LogP contribution in [-0.2, 0) is 9.59 Å². The van der Waals surface area contributed by atoms with Crippen LogP contribution < -0.4 is 10.6 Å². The molecule has 3 rings (SSSR count). The molecule has 0 aliphatic carbocycles. The Morgan fingerprint density at radius 2 is 1.76 bits per heavy atom. The molecular formula is C16H13N3O2. The fourth-order valence-corrected chi connectivity index (χ4v) is 2.26. The van der Waals surface area contributed by atoms with E-state index in [4.69, 9.17) is 0 Å². The fraction of sp³-hybridized carbons (Fsp3) is 0.0625. The van der Waals surface area contributed by atoms with E-state index in [0.717, 1.165) is 11.1 Å². The quantitative estimate of drug-likeness (QED) is 0.837. The van der Waals surface area contributed by atoms with Crippen molar-refractivity contribution in [3.8, 4) is 0 Å². The van der Waals surface area contributed by atoms with Gasteiger partial charge in [-0.3, -0.25) is 9.59 Å². The normalized spacial score (nSPS) is 17.0. The summed E-state index contributed by atoms with van der Waals surface area (Å²) in [6.07, 6.45) is -0.461. The lowest BCUT2D eigenvalue weighted by Gasteiger charge is -2.09. The molecule has 1 aliphatic heterocycles. The molecule has 104 valence electrons. The summed E-state index contributed by atoms with van der Waals surface area (Å²) in [7, 11) is 0. The Morgan fingerprint density at radius 1 is 1.05 bits per heavy atom. The SMILES string of the molecule is O=CN[C@H]1N=C(c2ccccc2)c2ccccc2NC1=O. The molecule has 2 amide bonds. The molecule has 0 spiro atoms. The summed E-state index contributed by atoms with van der Waals surface area (Å²) in [5.41, 5.74) is 3.07. The number of para-hydroxylation sites is 1. The minimum Gasteiger partial charge on any atom is -0.329 e. The Morgan fingerprint density at radius 3 is 2.52 bits per heavy atom. The molecular weight excluding hydrogens is 266 g/mol. The van der Waals surface area contributed by atoms with E-state index in [1.807, 2.05) is 54.6 Å². The summed E-state index contributed by atoms with van der Waals surface area (Å²) in [6.45, 7) is 0. The molecule has 0 unspecified atom stereocenters. The van der Waals surface area contributed by atoms with Crippen molar-refractivity contribution < 1.29 is 9.59 Å². The fourth-order valence-electron chi connectivity index (χ4n) is 2.26. The minimum atomic E-state index is -0.940. The standard InChI is InChI=1S/C16H13N3O2/c20-10-17-15-16(21)18-13-9-5-4-8-12(13)14(19-15)11-6-2-1-3-7-11/h1-10,15H,(H,17,20)(H,18,21)/t15-/m0/s1. The first kappa shape index (κ1) is 13.1. The van der Waals surface area contributed by atoms with Gasteiger partial charge < -0.3 is 10.6 Å². The molecule has 2 N–H and O–H groups in total. The number of benzodiazepines with no additional fused rings is 1. The molecule has 0 saturated carbocycles. The molecule has 1 heterocycles. The van der Waals surface area contributed by atoms with Crippen LogP contribution in [0.25, 0.3) is 0 Å². The van der Waals surface area contributed by atoms with Crippen molar-refractivity contribution in [1.29, 1.82) is 0 Å². The molecule has 21 heavy (non-hydrogen) atoms. The predicted octanol–water partition coefficient (Wildman–Crippen LogP) is 1.55. The van der Waals surface area contributed by atoms with E-state index in [1.165, 1.54) is 0 Å². The number of carbonyl (C=O) groups is 2. The Kier molecular flexibility index (Phi) is 3.47. The number of aliphatic imine (C=N–C) groups is 1. The number of hydrogen-bond acceptors (Lipinski definition) is 3. The summed E-state index contributed by atoms with van der Waals surface area (Å²) in [4.78, 5) is 27.2. The van der Waals surface area contributed by atoms with Crippen molar-refractivity contribution in [1.82, 2.24) is 5.32 Å². The number of rotatable bonds is 3. The van der Waals surface area contributed by atoms with Crippen molar-refractivity contribution in [3.63, 3.8) is 0 Å². The lowest BCUT2D eigenvalue weighted by Crippen LogP contribution is -2.37. The van der Waals surface area contributed by atoms with Crippen LogP contribution in [0.2, 0.25) is 0 Å². The van der Waals surface area contributed by atoms with Gasteiger partial charge in [0, 0.05) is 11.1 Å². The Bertz CT molecular complexity index is 710. The zero-order valence-corrected chi connectivity index (χ0v) is 11.1. The first-order chi connectivity index (χ1) is 10.3. The van der Waals surface area contributed by atoms with E-state index in [-0.39, 0.29) is 5.91 Å². The number of anilines is 1. The summed E-state index contributed by atoms with van der Waals surface area (Å²) in [5, 5.41) is 5.21. The van der Waals surface area contributed by atoms with Gasteiger partial charge in [-0.05, 0) is 6.07 Å². The van der Waals surface area contributed by atoms with Crippen molar-refractivity contribution in [2.24, 2.45) is 4.99 Å². The Balaban J connectivity index is 2.17. The van der Waals surface area contributed by atoms with Crippen molar-refractivity contribution in [3.05, 3.63) is 65.7 Å². The van der Waals surface area contributed by atoms with Crippen LogP contribution in [0.4, 0.5) is 5.69 Å². The van der Waals surface area contributed by atoms with Crippen LogP contribution in [0.1, 0.15) is 11.1 Å². The van der Waals surface area contributed by atoms with Crippen molar-refractivity contribution in [2.45, 2.75) is 6.17 Å². The molecule has 1 aliphatic rings. The molecule has 1 atom stereocenters. The molecule has 0 fully saturated rings. The number of hydrogen-bond donors (Lipinski definition) is 2. The number of amides is 2. The van der Waals surface area contributed by atoms with Crippen LogP contribution in [-0.4, -0.2) is 24.2 Å². The smallest absolute Gasteiger partial charge is 0.269 e. The highest BCUT2D eigenvalue weighted by atomic mass is 16.2. The van der Waals surface area contributed by atoms with Crippen LogP contribution in [0.15, 0.2) is 59.6 Å². The average molecular weight is 279 g/mol. The first-order valence-corrected chi connectivity index (χ1v) is 6.53. The maximum Gasteiger partial charge on any atom is 0.269 e. The van der Waals surface area contributed by atoms with E-state index < -0.39 is 6.17 Å². The first-order valence-electron chi connectivity index (χ1n) is 6.53. The van der Waals surface area contributed by atoms with Gasteiger partial charge in [0.2, 0.25) is 12.6 Å². The average Bonchev–Trinajstić information content (AvgIpc) is 2.66. The van der Waals surface area contributed by atoms with Crippen LogP contribution in [0.5, 0.6) is 0 Å². The van der Waals surface area contributed by atoms with Crippen LogP contribution in [0.3, 0.4) is 0 Å². The number of nitrogens with zero attached hydrogens (tertiary/aromatic N) is 1. The van der Waals surface area contributed by atoms with Gasteiger partial charge in [-0.1, -0.05) is 48.5 Å². The topological polar surface area (TPSA) is 70.6 Å². The second-order valence-corrected chi connectivity index (χ2v) is 4.57. The summed E-state index contributed by atoms with van der Waals surface area (Å²) in [5.74, 6) is -0.361. The number of carbonyl (C=O) groups excluding carboxylic acids is 2. The van der Waals surface area contributed by atoms with Gasteiger partial charge in [0.05, 0.1) is 11.4 Å². The Hall–Kier alpha value is -2.95. The molecule has 5 nitrogen and oxygen atoms in total. The van der Waals surface area contributed by atoms with Gasteiger partial charge in [-0.2, -0.15) is 0 Å². The molecule has 2 aromatic carbocycles. The maximum atomic E-state index is 12.1. The van der Waals surface area contributed by atoms with Crippen molar-refractivity contribution in [2.75, 3.05) is 5.32 Å². The maximum absolute atomic E-state index is 12.1. The van der Waals surface area contributed by atoms with Gasteiger partial charge in [0.1, 0.15) is 0 Å². The molecule has 2 aromatic rings. The van der Waals surface area contributed by atoms with E-state index in [1.54, 1.807) is 0 Å². The third-order valence-electron chi connectivity index (χ3n) is 3.22. The number of nitrogens with one attached hydrogen (secondary N) is 2. The van der Waals surface area contributed by atoms with E-state index in [2.05, 4.69) is 15.6 Å². The summed E-state index contributed by atoms with van der Waals surface area (Å²) in [6, 6.07) is 17.0. The van der Waals surface area contributed by atoms with Gasteiger partial charge in [-0.25, -0.2) is 4.99 Å². The monoisotopic (exact) mass is 279 g/mol. The largest absolute Gasteiger partial charge is 0.329 e. The van der Waals surface area contributed by atoms with Gasteiger partial charge in [0.15, 0.2) is 0 Å². The van der Waals surface area contributed by atoms with Crippen LogP contribution >= 0.6 is 0 Å². The highest BCUT2D eigenvalue weighted by Crippen LogP contribution is 2.23. The summed E-state index contributed by atoms with van der Waals surface area (Å²) < 4.78 is 0.